The third kappa shape index (κ3) is 1.25. The van der Waals surface area contributed by atoms with Gasteiger partial charge in [0.25, 0.3) is 0 Å². The summed E-state index contributed by atoms with van der Waals surface area (Å²) >= 11 is 0. The van der Waals surface area contributed by atoms with Crippen molar-refractivity contribution in [2.45, 2.75) is 44.1 Å². The van der Waals surface area contributed by atoms with E-state index < -0.39 is 5.54 Å². The lowest BCUT2D eigenvalue weighted by Crippen LogP contribution is -2.52. The van der Waals surface area contributed by atoms with Gasteiger partial charge in [-0.05, 0) is 12.8 Å². The standard InChI is InChI=1S/C10H15NO3/c12-7-10(5-1-2-6-10)11-8(13)3-4-9(11)14/h12H,1-7H2. The fourth-order valence-corrected chi connectivity index (χ4v) is 2.59. The minimum atomic E-state index is -0.551. The van der Waals surface area contributed by atoms with E-state index in [9.17, 15) is 14.7 Å². The lowest BCUT2D eigenvalue weighted by Gasteiger charge is -2.35. The fraction of sp³-hybridized carbons (Fsp3) is 0.800. The zero-order valence-electron chi connectivity index (χ0n) is 8.16. The van der Waals surface area contributed by atoms with Gasteiger partial charge in [0.1, 0.15) is 0 Å². The van der Waals surface area contributed by atoms with Crippen LogP contribution < -0.4 is 0 Å². The fourth-order valence-electron chi connectivity index (χ4n) is 2.59. The first-order chi connectivity index (χ1) is 6.69. The molecule has 1 heterocycles. The number of rotatable bonds is 2. The van der Waals surface area contributed by atoms with Gasteiger partial charge in [-0.25, -0.2) is 0 Å². The highest BCUT2D eigenvalue weighted by molar-refractivity contribution is 6.02. The second kappa shape index (κ2) is 3.35. The van der Waals surface area contributed by atoms with Crippen LogP contribution >= 0.6 is 0 Å². The number of likely N-dealkylation sites (tertiary alicyclic amines) is 1. The summed E-state index contributed by atoms with van der Waals surface area (Å²) in [5.74, 6) is -0.211. The van der Waals surface area contributed by atoms with Gasteiger partial charge >= 0.3 is 0 Å². The molecule has 0 spiro atoms. The van der Waals surface area contributed by atoms with E-state index in [1.165, 1.54) is 4.90 Å². The Morgan fingerprint density at radius 2 is 1.64 bits per heavy atom. The third-order valence-electron chi connectivity index (χ3n) is 3.35. The monoisotopic (exact) mass is 197 g/mol. The Bertz CT molecular complexity index is 253. The third-order valence-corrected chi connectivity index (χ3v) is 3.35. The molecule has 2 amide bonds. The predicted octanol–water partition coefficient (Wildman–Crippen LogP) is 0.440. The maximum atomic E-state index is 11.5. The number of carbonyl (C=O) groups is 2. The summed E-state index contributed by atoms with van der Waals surface area (Å²) in [6.45, 7) is -0.0789. The Hall–Kier alpha value is -0.900. The van der Waals surface area contributed by atoms with Crippen LogP contribution in [0.4, 0.5) is 0 Å². The highest BCUT2D eigenvalue weighted by Gasteiger charge is 2.47. The van der Waals surface area contributed by atoms with Gasteiger partial charge in [0.2, 0.25) is 11.8 Å². The van der Waals surface area contributed by atoms with Gasteiger partial charge < -0.3 is 5.11 Å². The van der Waals surface area contributed by atoms with Crippen molar-refractivity contribution in [1.82, 2.24) is 4.90 Å². The van der Waals surface area contributed by atoms with Crippen LogP contribution in [0.15, 0.2) is 0 Å². The molecule has 1 N–H and O–H groups in total. The molecule has 2 rings (SSSR count). The lowest BCUT2D eigenvalue weighted by atomic mass is 9.96. The minimum Gasteiger partial charge on any atom is -0.394 e. The van der Waals surface area contributed by atoms with Crippen molar-refractivity contribution in [3.05, 3.63) is 0 Å². The van der Waals surface area contributed by atoms with Gasteiger partial charge in [0.15, 0.2) is 0 Å². The van der Waals surface area contributed by atoms with Crippen LogP contribution in [0.25, 0.3) is 0 Å². The first-order valence-electron chi connectivity index (χ1n) is 5.16. The van der Waals surface area contributed by atoms with Gasteiger partial charge in [-0.15, -0.1) is 0 Å². The number of nitrogens with zero attached hydrogens (tertiary/aromatic N) is 1. The van der Waals surface area contributed by atoms with Crippen LogP contribution in [0, 0.1) is 0 Å². The normalized spacial score (nSPS) is 26.2. The van der Waals surface area contributed by atoms with Crippen LogP contribution in [-0.2, 0) is 9.59 Å². The summed E-state index contributed by atoms with van der Waals surface area (Å²) in [7, 11) is 0. The predicted molar refractivity (Wildman–Crippen MR) is 49.4 cm³/mol. The van der Waals surface area contributed by atoms with E-state index >= 15 is 0 Å². The van der Waals surface area contributed by atoms with Crippen LogP contribution in [0.5, 0.6) is 0 Å². The molecule has 14 heavy (non-hydrogen) atoms. The quantitative estimate of drug-likeness (QED) is 0.653. The highest BCUT2D eigenvalue weighted by atomic mass is 16.3. The number of amides is 2. The zero-order valence-corrected chi connectivity index (χ0v) is 8.16. The van der Waals surface area contributed by atoms with E-state index in [1.807, 2.05) is 0 Å². The molecule has 1 aliphatic carbocycles. The van der Waals surface area contributed by atoms with Crippen molar-refractivity contribution in [3.63, 3.8) is 0 Å². The lowest BCUT2D eigenvalue weighted by molar-refractivity contribution is -0.147. The van der Waals surface area contributed by atoms with Crippen LogP contribution in [-0.4, -0.2) is 34.0 Å². The average molecular weight is 197 g/mol. The number of aliphatic hydroxyl groups excluding tert-OH is 1. The van der Waals surface area contributed by atoms with E-state index in [0.717, 1.165) is 25.7 Å². The van der Waals surface area contributed by atoms with Gasteiger partial charge in [0.05, 0.1) is 12.1 Å². The molecule has 0 aromatic heterocycles. The molecule has 1 aliphatic heterocycles. The molecular formula is C10H15NO3. The minimum absolute atomic E-state index is 0.0789. The second-order valence-corrected chi connectivity index (χ2v) is 4.21. The SMILES string of the molecule is O=C1CCC(=O)N1C1(CO)CCCC1. The Morgan fingerprint density at radius 3 is 2.07 bits per heavy atom. The summed E-state index contributed by atoms with van der Waals surface area (Å²) in [6, 6.07) is 0. The number of aliphatic hydroxyl groups is 1. The summed E-state index contributed by atoms with van der Waals surface area (Å²) in [5.41, 5.74) is -0.551. The molecule has 1 saturated heterocycles. The summed E-state index contributed by atoms with van der Waals surface area (Å²) in [5, 5.41) is 9.37. The Morgan fingerprint density at radius 1 is 1.14 bits per heavy atom. The number of hydrogen-bond acceptors (Lipinski definition) is 3. The summed E-state index contributed by atoms with van der Waals surface area (Å²) in [4.78, 5) is 24.4. The number of hydrogen-bond donors (Lipinski definition) is 1. The smallest absolute Gasteiger partial charge is 0.230 e. The Kier molecular flexibility index (Phi) is 2.31. The molecule has 4 heteroatoms. The van der Waals surface area contributed by atoms with Gasteiger partial charge in [-0.3, -0.25) is 14.5 Å². The molecule has 0 bridgehead atoms. The summed E-state index contributed by atoms with van der Waals surface area (Å²) in [6.07, 6.45) is 4.17. The van der Waals surface area contributed by atoms with Crippen molar-refractivity contribution in [3.8, 4) is 0 Å². The topological polar surface area (TPSA) is 57.6 Å². The van der Waals surface area contributed by atoms with Crippen molar-refractivity contribution >= 4 is 11.8 Å². The van der Waals surface area contributed by atoms with Crippen molar-refractivity contribution < 1.29 is 14.7 Å². The second-order valence-electron chi connectivity index (χ2n) is 4.21. The maximum absolute atomic E-state index is 11.5. The number of imide groups is 1. The molecule has 0 radical (unpaired) electrons. The molecule has 0 atom stereocenters. The highest BCUT2D eigenvalue weighted by Crippen LogP contribution is 2.37. The first kappa shape index (κ1) is 9.65. The molecular weight excluding hydrogens is 182 g/mol. The van der Waals surface area contributed by atoms with E-state index in [4.69, 9.17) is 0 Å². The van der Waals surface area contributed by atoms with Crippen LogP contribution in [0.3, 0.4) is 0 Å². The van der Waals surface area contributed by atoms with E-state index in [-0.39, 0.29) is 18.4 Å². The van der Waals surface area contributed by atoms with Gasteiger partial charge in [-0.1, -0.05) is 12.8 Å². The summed E-state index contributed by atoms with van der Waals surface area (Å²) < 4.78 is 0. The first-order valence-corrected chi connectivity index (χ1v) is 5.16. The molecule has 2 aliphatic rings. The van der Waals surface area contributed by atoms with Gasteiger partial charge in [0, 0.05) is 12.8 Å². The molecule has 1 saturated carbocycles. The molecule has 4 nitrogen and oxygen atoms in total. The molecule has 2 fully saturated rings. The van der Waals surface area contributed by atoms with Crippen molar-refractivity contribution in [2.24, 2.45) is 0 Å². The van der Waals surface area contributed by atoms with Crippen LogP contribution in [0.2, 0.25) is 0 Å². The zero-order chi connectivity index (χ0) is 10.2. The van der Waals surface area contributed by atoms with Gasteiger partial charge in [-0.2, -0.15) is 0 Å². The van der Waals surface area contributed by atoms with E-state index in [1.54, 1.807) is 0 Å². The Labute approximate surface area is 82.9 Å². The van der Waals surface area contributed by atoms with Crippen LogP contribution in [0.1, 0.15) is 38.5 Å². The van der Waals surface area contributed by atoms with E-state index in [2.05, 4.69) is 0 Å². The van der Waals surface area contributed by atoms with Crippen molar-refractivity contribution in [1.29, 1.82) is 0 Å². The largest absolute Gasteiger partial charge is 0.394 e. The maximum Gasteiger partial charge on any atom is 0.230 e. The average Bonchev–Trinajstić information content (AvgIpc) is 2.75. The van der Waals surface area contributed by atoms with Crippen molar-refractivity contribution in [2.75, 3.05) is 6.61 Å². The van der Waals surface area contributed by atoms with E-state index in [0.29, 0.717) is 12.8 Å². The molecule has 78 valence electrons. The molecule has 0 unspecified atom stereocenters. The molecule has 0 aromatic rings. The Balaban J connectivity index is 2.26. The number of carbonyl (C=O) groups excluding carboxylic acids is 2. The molecule has 0 aromatic carbocycles.